The monoisotopic (exact) mass is 254 g/mol. The fourth-order valence-electron chi connectivity index (χ4n) is 1.53. The maximum absolute atomic E-state index is 5.11. The highest BCUT2D eigenvalue weighted by molar-refractivity contribution is 9.10. The summed E-state index contributed by atoms with van der Waals surface area (Å²) in [5.74, 6) is 0. The van der Waals surface area contributed by atoms with Crippen LogP contribution in [0.25, 0.3) is 11.0 Å². The Hall–Kier alpha value is -0.870. The number of aryl methyl sites for hydroxylation is 1. The number of nitrogens with zero attached hydrogens (tertiary/aromatic N) is 2. The van der Waals surface area contributed by atoms with Gasteiger partial charge >= 0.3 is 0 Å². The van der Waals surface area contributed by atoms with E-state index in [0.717, 1.165) is 21.2 Å². The van der Waals surface area contributed by atoms with E-state index in [9.17, 15) is 0 Å². The lowest BCUT2D eigenvalue weighted by atomic mass is 10.3. The van der Waals surface area contributed by atoms with Crippen LogP contribution < -0.4 is 0 Å². The normalized spacial score (nSPS) is 11.1. The van der Waals surface area contributed by atoms with Gasteiger partial charge in [0, 0.05) is 35.9 Å². The zero-order valence-electron chi connectivity index (χ0n) is 8.12. The average Bonchev–Trinajstić information content (AvgIpc) is 2.44. The Morgan fingerprint density at radius 3 is 3.00 bits per heavy atom. The lowest BCUT2D eigenvalue weighted by Gasteiger charge is -2.01. The average molecular weight is 255 g/mol. The Bertz CT molecular complexity index is 464. The molecule has 0 aromatic carbocycles. The van der Waals surface area contributed by atoms with Crippen LogP contribution in [0, 0.1) is 0 Å². The Kier molecular flexibility index (Phi) is 2.56. The van der Waals surface area contributed by atoms with E-state index in [1.165, 1.54) is 0 Å². The summed E-state index contributed by atoms with van der Waals surface area (Å²) in [6, 6.07) is 4.15. The quantitative estimate of drug-likeness (QED) is 0.824. The molecular formula is C10H11BrN2O. The first-order chi connectivity index (χ1) is 6.72. The number of ether oxygens (including phenoxy) is 1. The molecule has 0 aliphatic heterocycles. The van der Waals surface area contributed by atoms with Crippen LogP contribution in [0.15, 0.2) is 22.8 Å². The van der Waals surface area contributed by atoms with Gasteiger partial charge in [-0.25, -0.2) is 4.98 Å². The van der Waals surface area contributed by atoms with Gasteiger partial charge in [-0.2, -0.15) is 0 Å². The summed E-state index contributed by atoms with van der Waals surface area (Å²) >= 11 is 3.40. The van der Waals surface area contributed by atoms with Crippen LogP contribution in [0.1, 0.15) is 5.69 Å². The van der Waals surface area contributed by atoms with Crippen LogP contribution >= 0.6 is 15.9 Å². The van der Waals surface area contributed by atoms with Crippen molar-refractivity contribution < 1.29 is 4.74 Å². The molecule has 0 amide bonds. The van der Waals surface area contributed by atoms with Gasteiger partial charge in [0.1, 0.15) is 5.65 Å². The van der Waals surface area contributed by atoms with Gasteiger partial charge in [0.15, 0.2) is 0 Å². The molecule has 0 bridgehead atoms. The van der Waals surface area contributed by atoms with E-state index < -0.39 is 0 Å². The minimum atomic E-state index is 0.616. The van der Waals surface area contributed by atoms with Crippen molar-refractivity contribution in [2.24, 2.45) is 7.05 Å². The molecule has 2 aromatic rings. The summed E-state index contributed by atoms with van der Waals surface area (Å²) in [5.41, 5.74) is 2.12. The fourth-order valence-corrected chi connectivity index (χ4v) is 1.88. The molecule has 2 heterocycles. The molecular weight excluding hydrogens is 244 g/mol. The van der Waals surface area contributed by atoms with E-state index in [4.69, 9.17) is 4.74 Å². The number of methoxy groups -OCH3 is 1. The zero-order chi connectivity index (χ0) is 10.1. The highest BCUT2D eigenvalue weighted by Crippen LogP contribution is 2.20. The number of rotatable bonds is 2. The summed E-state index contributed by atoms with van der Waals surface area (Å²) in [7, 11) is 3.69. The second-order valence-electron chi connectivity index (χ2n) is 3.19. The summed E-state index contributed by atoms with van der Waals surface area (Å²) in [4.78, 5) is 4.34. The second-order valence-corrected chi connectivity index (χ2v) is 4.11. The first-order valence-electron chi connectivity index (χ1n) is 4.31. The summed E-state index contributed by atoms with van der Waals surface area (Å²) in [6.07, 6.45) is 1.80. The van der Waals surface area contributed by atoms with Gasteiger partial charge in [-0.1, -0.05) is 0 Å². The van der Waals surface area contributed by atoms with E-state index in [1.54, 1.807) is 13.3 Å². The molecule has 0 fully saturated rings. The molecule has 0 saturated carbocycles. The lowest BCUT2D eigenvalue weighted by molar-refractivity contribution is 0.179. The molecule has 0 aliphatic rings. The standard InChI is InChI=1S/C10H11BrN2O/c1-13-9(6-14-2)4-7-3-8(11)5-12-10(7)13/h3-5H,6H2,1-2H3. The third kappa shape index (κ3) is 1.55. The molecule has 3 nitrogen and oxygen atoms in total. The molecule has 0 saturated heterocycles. The van der Waals surface area contributed by atoms with Crippen molar-refractivity contribution in [3.63, 3.8) is 0 Å². The molecule has 2 rings (SSSR count). The number of hydrogen-bond acceptors (Lipinski definition) is 2. The van der Waals surface area contributed by atoms with Gasteiger partial charge in [-0.15, -0.1) is 0 Å². The van der Waals surface area contributed by atoms with Gasteiger partial charge < -0.3 is 9.30 Å². The Morgan fingerprint density at radius 1 is 1.50 bits per heavy atom. The van der Waals surface area contributed by atoms with Crippen molar-refractivity contribution in [3.05, 3.63) is 28.5 Å². The van der Waals surface area contributed by atoms with Crippen molar-refractivity contribution >= 4 is 27.0 Å². The molecule has 4 heteroatoms. The summed E-state index contributed by atoms with van der Waals surface area (Å²) in [6.45, 7) is 0.616. The van der Waals surface area contributed by atoms with Gasteiger partial charge in [-0.05, 0) is 28.1 Å². The van der Waals surface area contributed by atoms with E-state index >= 15 is 0 Å². The lowest BCUT2D eigenvalue weighted by Crippen LogP contribution is -1.97. The Morgan fingerprint density at radius 2 is 2.29 bits per heavy atom. The highest BCUT2D eigenvalue weighted by atomic mass is 79.9. The molecule has 74 valence electrons. The minimum Gasteiger partial charge on any atom is -0.378 e. The van der Waals surface area contributed by atoms with E-state index in [-0.39, 0.29) is 0 Å². The van der Waals surface area contributed by atoms with E-state index in [2.05, 4.69) is 33.0 Å². The van der Waals surface area contributed by atoms with Gasteiger partial charge in [0.05, 0.1) is 6.61 Å². The van der Waals surface area contributed by atoms with E-state index in [0.29, 0.717) is 6.61 Å². The molecule has 14 heavy (non-hydrogen) atoms. The van der Waals surface area contributed by atoms with Gasteiger partial charge in [0.2, 0.25) is 0 Å². The maximum Gasteiger partial charge on any atom is 0.139 e. The molecule has 2 aromatic heterocycles. The molecule has 0 radical (unpaired) electrons. The Labute approximate surface area is 90.8 Å². The van der Waals surface area contributed by atoms with Gasteiger partial charge in [0.25, 0.3) is 0 Å². The number of pyridine rings is 1. The van der Waals surface area contributed by atoms with Crippen LogP contribution in [-0.2, 0) is 18.4 Å². The van der Waals surface area contributed by atoms with Crippen molar-refractivity contribution in [2.45, 2.75) is 6.61 Å². The number of aromatic nitrogens is 2. The Balaban J connectivity index is 2.61. The molecule has 0 aliphatic carbocycles. The molecule has 0 N–H and O–H groups in total. The third-order valence-corrected chi connectivity index (χ3v) is 2.66. The SMILES string of the molecule is COCc1cc2cc(Br)cnc2n1C. The highest BCUT2D eigenvalue weighted by Gasteiger charge is 2.06. The number of hydrogen-bond donors (Lipinski definition) is 0. The topological polar surface area (TPSA) is 27.1 Å². The van der Waals surface area contributed by atoms with Gasteiger partial charge in [-0.3, -0.25) is 0 Å². The van der Waals surface area contributed by atoms with Crippen LogP contribution in [0.3, 0.4) is 0 Å². The van der Waals surface area contributed by atoms with Crippen LogP contribution in [0.4, 0.5) is 0 Å². The van der Waals surface area contributed by atoms with E-state index in [1.807, 2.05) is 11.6 Å². The first-order valence-corrected chi connectivity index (χ1v) is 5.10. The van der Waals surface area contributed by atoms with Crippen molar-refractivity contribution in [2.75, 3.05) is 7.11 Å². The smallest absolute Gasteiger partial charge is 0.139 e. The largest absolute Gasteiger partial charge is 0.378 e. The van der Waals surface area contributed by atoms with Crippen molar-refractivity contribution in [1.82, 2.24) is 9.55 Å². The molecule has 0 unspecified atom stereocenters. The minimum absolute atomic E-state index is 0.616. The number of halogens is 1. The zero-order valence-corrected chi connectivity index (χ0v) is 9.71. The predicted molar refractivity (Wildman–Crippen MR) is 59.1 cm³/mol. The van der Waals surface area contributed by atoms with Crippen LogP contribution in [-0.4, -0.2) is 16.7 Å². The number of fused-ring (bicyclic) bond motifs is 1. The van der Waals surface area contributed by atoms with Crippen LogP contribution in [0.5, 0.6) is 0 Å². The summed E-state index contributed by atoms with van der Waals surface area (Å²) in [5, 5.41) is 1.13. The third-order valence-electron chi connectivity index (χ3n) is 2.22. The maximum atomic E-state index is 5.11. The van der Waals surface area contributed by atoms with Crippen molar-refractivity contribution in [1.29, 1.82) is 0 Å². The predicted octanol–water partition coefficient (Wildman–Crippen LogP) is 2.48. The van der Waals surface area contributed by atoms with Crippen LogP contribution in [0.2, 0.25) is 0 Å². The second kappa shape index (κ2) is 3.71. The fraction of sp³-hybridized carbons (Fsp3) is 0.300. The van der Waals surface area contributed by atoms with Crippen molar-refractivity contribution in [3.8, 4) is 0 Å². The molecule has 0 atom stereocenters. The molecule has 0 spiro atoms. The first kappa shape index (κ1) is 9.68. The summed E-state index contributed by atoms with van der Waals surface area (Å²) < 4.78 is 8.15.